The van der Waals surface area contributed by atoms with Crippen LogP contribution in [0.15, 0.2) is 56.1 Å². The maximum Gasteiger partial charge on any atom is 0.297 e. The van der Waals surface area contributed by atoms with Crippen molar-refractivity contribution in [3.63, 3.8) is 0 Å². The van der Waals surface area contributed by atoms with E-state index in [1.165, 1.54) is 16.2 Å². The first-order valence-electron chi connectivity index (χ1n) is 9.15. The molecule has 1 unspecified atom stereocenters. The number of carbonyl (C=O) groups is 1. The summed E-state index contributed by atoms with van der Waals surface area (Å²) < 4.78 is 6.68. The van der Waals surface area contributed by atoms with Gasteiger partial charge in [0.2, 0.25) is 10.9 Å². The molecule has 0 radical (unpaired) electrons. The van der Waals surface area contributed by atoms with Crippen molar-refractivity contribution in [3.8, 4) is 0 Å². The average molecular weight is 503 g/mol. The normalized spacial score (nSPS) is 15.8. The van der Waals surface area contributed by atoms with Crippen LogP contribution in [0.2, 0.25) is 5.02 Å². The molecule has 3 heterocycles. The van der Waals surface area contributed by atoms with E-state index in [4.69, 9.17) is 16.0 Å². The molecule has 0 spiro atoms. The Labute approximate surface area is 188 Å². The van der Waals surface area contributed by atoms with Crippen LogP contribution in [0.5, 0.6) is 0 Å². The summed E-state index contributed by atoms with van der Waals surface area (Å²) in [6, 6.07) is 11.5. The van der Waals surface area contributed by atoms with E-state index in [9.17, 15) is 9.59 Å². The van der Waals surface area contributed by atoms with Crippen molar-refractivity contribution in [1.82, 2.24) is 10.2 Å². The molecule has 9 heteroatoms. The molecule has 4 aromatic rings. The van der Waals surface area contributed by atoms with Crippen molar-refractivity contribution in [2.24, 2.45) is 0 Å². The largest absolute Gasteiger partial charge is 0.450 e. The van der Waals surface area contributed by atoms with Gasteiger partial charge in [-0.2, -0.15) is 0 Å². The van der Waals surface area contributed by atoms with Crippen molar-refractivity contribution in [2.75, 3.05) is 4.90 Å². The van der Waals surface area contributed by atoms with Gasteiger partial charge in [-0.05, 0) is 42.3 Å². The molecule has 0 aliphatic carbocycles. The van der Waals surface area contributed by atoms with Gasteiger partial charge in [0.25, 0.3) is 5.91 Å². The molecule has 1 amide bonds. The Morgan fingerprint density at radius 1 is 1.20 bits per heavy atom. The van der Waals surface area contributed by atoms with Crippen LogP contribution in [0.25, 0.3) is 11.0 Å². The molecule has 0 N–H and O–H groups in total. The van der Waals surface area contributed by atoms with Crippen LogP contribution >= 0.6 is 38.9 Å². The Morgan fingerprint density at radius 2 is 2.03 bits per heavy atom. The fourth-order valence-electron chi connectivity index (χ4n) is 3.62. The topological polar surface area (TPSA) is 76.3 Å². The molecular weight excluding hydrogens is 490 g/mol. The lowest BCUT2D eigenvalue weighted by Gasteiger charge is -2.22. The second-order valence-corrected chi connectivity index (χ2v) is 9.17. The molecular formula is C21H13BrClN3O3S. The Morgan fingerprint density at radius 3 is 2.77 bits per heavy atom. The van der Waals surface area contributed by atoms with E-state index in [0.29, 0.717) is 33.1 Å². The van der Waals surface area contributed by atoms with Crippen LogP contribution < -0.4 is 10.3 Å². The van der Waals surface area contributed by atoms with Gasteiger partial charge in [0, 0.05) is 9.50 Å². The highest BCUT2D eigenvalue weighted by atomic mass is 79.9. The number of carbonyl (C=O) groups excluding carboxylic acids is 1. The molecule has 1 atom stereocenters. The molecule has 1 aliphatic heterocycles. The summed E-state index contributed by atoms with van der Waals surface area (Å²) in [4.78, 5) is 28.4. The number of benzene rings is 2. The van der Waals surface area contributed by atoms with Crippen molar-refractivity contribution < 1.29 is 9.21 Å². The molecule has 2 aromatic carbocycles. The number of halogens is 2. The lowest BCUT2D eigenvalue weighted by molar-refractivity contribution is 0.0970. The minimum atomic E-state index is -0.705. The summed E-state index contributed by atoms with van der Waals surface area (Å²) >= 11 is 10.9. The minimum absolute atomic E-state index is 0.0213. The fourth-order valence-corrected chi connectivity index (χ4v) is 4.98. The zero-order valence-corrected chi connectivity index (χ0v) is 18.7. The summed E-state index contributed by atoms with van der Waals surface area (Å²) in [6.45, 7) is 1.97. The van der Waals surface area contributed by atoms with Gasteiger partial charge >= 0.3 is 0 Å². The third-order valence-electron chi connectivity index (χ3n) is 4.96. The van der Waals surface area contributed by atoms with Gasteiger partial charge in [-0.15, -0.1) is 10.2 Å². The first-order valence-corrected chi connectivity index (χ1v) is 11.1. The van der Waals surface area contributed by atoms with E-state index in [0.717, 1.165) is 9.48 Å². The lowest BCUT2D eigenvalue weighted by atomic mass is 9.99. The number of hydrogen-bond donors (Lipinski definition) is 0. The van der Waals surface area contributed by atoms with E-state index in [1.54, 1.807) is 36.4 Å². The standard InChI is InChI=1S/C21H13BrClN3O3S/c1-2-15-24-25-21(30-15)26-17(10-4-3-5-12(23)8-10)16-18(27)13-9-11(22)6-7-14(13)29-19(16)20(26)28/h3-9,17H,2H2,1H3. The molecule has 0 saturated heterocycles. The van der Waals surface area contributed by atoms with Gasteiger partial charge < -0.3 is 4.42 Å². The number of anilines is 1. The molecule has 5 rings (SSSR count). The van der Waals surface area contributed by atoms with Gasteiger partial charge in [-0.3, -0.25) is 14.5 Å². The van der Waals surface area contributed by atoms with Crippen LogP contribution in [0.4, 0.5) is 5.13 Å². The van der Waals surface area contributed by atoms with Gasteiger partial charge in [0.1, 0.15) is 10.6 Å². The molecule has 150 valence electrons. The SMILES string of the molecule is CCc1nnc(N2C(=O)c3oc4ccc(Br)cc4c(=O)c3C2c2cccc(Cl)c2)s1. The minimum Gasteiger partial charge on any atom is -0.450 e. The van der Waals surface area contributed by atoms with Gasteiger partial charge in [0.15, 0.2) is 5.43 Å². The number of amides is 1. The Bertz CT molecular complexity index is 1380. The zero-order chi connectivity index (χ0) is 21.0. The third-order valence-corrected chi connectivity index (χ3v) is 6.76. The van der Waals surface area contributed by atoms with Gasteiger partial charge in [-0.1, -0.05) is 57.9 Å². The Hall–Kier alpha value is -2.55. The summed E-state index contributed by atoms with van der Waals surface area (Å²) in [6.07, 6.45) is 0.698. The molecule has 0 fully saturated rings. The van der Waals surface area contributed by atoms with Crippen LogP contribution in [0.3, 0.4) is 0 Å². The molecule has 1 aliphatic rings. The molecule has 2 aromatic heterocycles. The first-order chi connectivity index (χ1) is 14.5. The van der Waals surface area contributed by atoms with Crippen LogP contribution in [-0.2, 0) is 6.42 Å². The summed E-state index contributed by atoms with van der Waals surface area (Å²) in [7, 11) is 0. The fraction of sp³-hybridized carbons (Fsp3) is 0.143. The first kappa shape index (κ1) is 19.4. The third kappa shape index (κ3) is 2.98. The summed E-state index contributed by atoms with van der Waals surface area (Å²) in [5.41, 5.74) is 1.08. The number of rotatable bonds is 3. The number of fused-ring (bicyclic) bond motifs is 2. The average Bonchev–Trinajstić information content (AvgIpc) is 3.31. The van der Waals surface area contributed by atoms with Crippen molar-refractivity contribution >= 4 is 60.9 Å². The maximum atomic E-state index is 13.5. The van der Waals surface area contributed by atoms with Crippen LogP contribution in [-0.4, -0.2) is 16.1 Å². The second-order valence-electron chi connectivity index (χ2n) is 6.78. The van der Waals surface area contributed by atoms with E-state index in [1.807, 2.05) is 13.0 Å². The van der Waals surface area contributed by atoms with Crippen molar-refractivity contribution in [1.29, 1.82) is 0 Å². The quantitative estimate of drug-likeness (QED) is 0.376. The number of aryl methyl sites for hydroxylation is 1. The summed E-state index contributed by atoms with van der Waals surface area (Å²) in [5.74, 6) is -0.399. The zero-order valence-electron chi connectivity index (χ0n) is 15.6. The van der Waals surface area contributed by atoms with E-state index >= 15 is 0 Å². The molecule has 0 saturated carbocycles. The van der Waals surface area contributed by atoms with E-state index in [2.05, 4.69) is 26.1 Å². The smallest absolute Gasteiger partial charge is 0.297 e. The number of aromatic nitrogens is 2. The maximum absolute atomic E-state index is 13.5. The van der Waals surface area contributed by atoms with Gasteiger partial charge in [-0.25, -0.2) is 0 Å². The summed E-state index contributed by atoms with van der Waals surface area (Å²) in [5, 5.41) is 10.5. The highest BCUT2D eigenvalue weighted by molar-refractivity contribution is 9.10. The Balaban J connectivity index is 1.82. The van der Waals surface area contributed by atoms with Crippen molar-refractivity contribution in [3.05, 3.63) is 84.1 Å². The highest BCUT2D eigenvalue weighted by Gasteiger charge is 2.45. The monoisotopic (exact) mass is 501 g/mol. The predicted molar refractivity (Wildman–Crippen MR) is 120 cm³/mol. The molecule has 6 nitrogen and oxygen atoms in total. The van der Waals surface area contributed by atoms with Crippen LogP contribution in [0.1, 0.15) is 39.7 Å². The van der Waals surface area contributed by atoms with E-state index < -0.39 is 11.9 Å². The van der Waals surface area contributed by atoms with Gasteiger partial charge in [0.05, 0.1) is 17.0 Å². The lowest BCUT2D eigenvalue weighted by Crippen LogP contribution is -2.29. The van der Waals surface area contributed by atoms with Crippen LogP contribution in [0, 0.1) is 0 Å². The van der Waals surface area contributed by atoms with Crippen molar-refractivity contribution in [2.45, 2.75) is 19.4 Å². The Kier molecular flexibility index (Phi) is 4.72. The second kappa shape index (κ2) is 7.30. The highest BCUT2D eigenvalue weighted by Crippen LogP contribution is 2.42. The predicted octanol–water partition coefficient (Wildman–Crippen LogP) is 5.37. The molecule has 0 bridgehead atoms. The van der Waals surface area contributed by atoms with E-state index in [-0.39, 0.29) is 16.8 Å². The molecule has 30 heavy (non-hydrogen) atoms. The number of nitrogens with zero attached hydrogens (tertiary/aromatic N) is 3. The number of hydrogen-bond acceptors (Lipinski definition) is 6.